The third-order valence-electron chi connectivity index (χ3n) is 3.68. The summed E-state index contributed by atoms with van der Waals surface area (Å²) in [4.78, 5) is 12.5. The van der Waals surface area contributed by atoms with Crippen molar-refractivity contribution < 1.29 is 17.9 Å². The highest BCUT2D eigenvalue weighted by molar-refractivity contribution is 7.92. The van der Waals surface area contributed by atoms with E-state index >= 15 is 0 Å². The van der Waals surface area contributed by atoms with Crippen molar-refractivity contribution in [2.75, 3.05) is 25.1 Å². The van der Waals surface area contributed by atoms with Gasteiger partial charge in [-0.05, 0) is 31.2 Å². The van der Waals surface area contributed by atoms with Gasteiger partial charge in [0.15, 0.2) is 0 Å². The highest BCUT2D eigenvalue weighted by Gasteiger charge is 2.27. The van der Waals surface area contributed by atoms with Crippen molar-refractivity contribution in [2.24, 2.45) is 0 Å². The van der Waals surface area contributed by atoms with Gasteiger partial charge < -0.3 is 10.1 Å². The first-order chi connectivity index (χ1) is 11.9. The highest BCUT2D eigenvalue weighted by Crippen LogP contribution is 2.24. The van der Waals surface area contributed by atoms with E-state index in [1.807, 2.05) is 6.07 Å². The van der Waals surface area contributed by atoms with Gasteiger partial charge in [0, 0.05) is 20.2 Å². The molecule has 0 heterocycles. The van der Waals surface area contributed by atoms with E-state index in [2.05, 4.69) is 5.32 Å². The van der Waals surface area contributed by atoms with Gasteiger partial charge in [-0.2, -0.15) is 0 Å². The Morgan fingerprint density at radius 2 is 1.72 bits per heavy atom. The van der Waals surface area contributed by atoms with E-state index in [1.54, 1.807) is 43.3 Å². The molecule has 2 aromatic carbocycles. The number of nitrogens with zero attached hydrogens (tertiary/aromatic N) is 1. The van der Waals surface area contributed by atoms with Gasteiger partial charge >= 0.3 is 0 Å². The molecule has 0 saturated carbocycles. The van der Waals surface area contributed by atoms with Gasteiger partial charge in [-0.1, -0.05) is 30.3 Å². The predicted octanol–water partition coefficient (Wildman–Crippen LogP) is 2.28. The molecule has 0 unspecified atom stereocenters. The first-order valence-electron chi connectivity index (χ1n) is 7.80. The maximum atomic E-state index is 13.0. The SMILES string of the molecule is COC[C@@H](C)NC(=O)c1ccccc1S(=O)(=O)N(C)c1ccccc1. The molecule has 7 heteroatoms. The quantitative estimate of drug-likeness (QED) is 0.820. The average molecular weight is 362 g/mol. The van der Waals surface area contributed by atoms with Crippen LogP contribution in [0.15, 0.2) is 59.5 Å². The van der Waals surface area contributed by atoms with Gasteiger partial charge in [-0.25, -0.2) is 8.42 Å². The van der Waals surface area contributed by atoms with E-state index in [4.69, 9.17) is 4.74 Å². The molecular formula is C18H22N2O4S. The first kappa shape index (κ1) is 19.0. The van der Waals surface area contributed by atoms with Crippen LogP contribution in [0.2, 0.25) is 0 Å². The van der Waals surface area contributed by atoms with Crippen molar-refractivity contribution in [2.45, 2.75) is 17.9 Å². The van der Waals surface area contributed by atoms with Crippen LogP contribution >= 0.6 is 0 Å². The molecule has 2 rings (SSSR count). The number of hydrogen-bond acceptors (Lipinski definition) is 4. The van der Waals surface area contributed by atoms with Crippen molar-refractivity contribution in [3.8, 4) is 0 Å². The number of carbonyl (C=O) groups excluding carboxylic acids is 1. The zero-order chi connectivity index (χ0) is 18.4. The topological polar surface area (TPSA) is 75.7 Å². The Kier molecular flexibility index (Phi) is 6.17. The summed E-state index contributed by atoms with van der Waals surface area (Å²) in [5.41, 5.74) is 0.624. The second-order valence-corrected chi connectivity index (χ2v) is 7.57. The summed E-state index contributed by atoms with van der Waals surface area (Å²) < 4.78 is 32.1. The van der Waals surface area contributed by atoms with Crippen LogP contribution in [0.3, 0.4) is 0 Å². The molecule has 0 aliphatic carbocycles. The fraction of sp³-hybridized carbons (Fsp3) is 0.278. The zero-order valence-electron chi connectivity index (χ0n) is 14.5. The number of para-hydroxylation sites is 1. The van der Waals surface area contributed by atoms with Crippen LogP contribution in [0.5, 0.6) is 0 Å². The van der Waals surface area contributed by atoms with Crippen LogP contribution in [-0.2, 0) is 14.8 Å². The molecule has 25 heavy (non-hydrogen) atoms. The smallest absolute Gasteiger partial charge is 0.264 e. The van der Waals surface area contributed by atoms with Crippen LogP contribution in [0, 0.1) is 0 Å². The summed E-state index contributed by atoms with van der Waals surface area (Å²) in [6, 6.07) is 14.6. The lowest BCUT2D eigenvalue weighted by Gasteiger charge is -2.21. The number of nitrogens with one attached hydrogen (secondary N) is 1. The van der Waals surface area contributed by atoms with Gasteiger partial charge in [0.1, 0.15) is 4.90 Å². The van der Waals surface area contributed by atoms with Crippen LogP contribution < -0.4 is 9.62 Å². The maximum absolute atomic E-state index is 13.0. The number of ether oxygens (including phenoxy) is 1. The van der Waals surface area contributed by atoms with E-state index in [-0.39, 0.29) is 16.5 Å². The second-order valence-electron chi connectivity index (χ2n) is 5.63. The number of benzene rings is 2. The van der Waals surface area contributed by atoms with Crippen molar-refractivity contribution >= 4 is 21.6 Å². The van der Waals surface area contributed by atoms with Crippen LogP contribution in [0.25, 0.3) is 0 Å². The Balaban J connectivity index is 2.38. The zero-order valence-corrected chi connectivity index (χ0v) is 15.3. The molecule has 0 aliphatic heterocycles. The Morgan fingerprint density at radius 3 is 2.36 bits per heavy atom. The van der Waals surface area contributed by atoms with Gasteiger partial charge in [-0.3, -0.25) is 9.10 Å². The molecule has 0 saturated heterocycles. The number of hydrogen-bond donors (Lipinski definition) is 1. The fourth-order valence-corrected chi connectivity index (χ4v) is 3.78. The summed E-state index contributed by atoms with van der Waals surface area (Å²) in [7, 11) is -0.872. The lowest BCUT2D eigenvalue weighted by Crippen LogP contribution is -2.37. The molecule has 1 atom stereocenters. The molecule has 0 aromatic heterocycles. The largest absolute Gasteiger partial charge is 0.383 e. The molecule has 134 valence electrons. The van der Waals surface area contributed by atoms with Gasteiger partial charge in [0.05, 0.1) is 17.9 Å². The normalized spacial score (nSPS) is 12.4. The van der Waals surface area contributed by atoms with Gasteiger partial charge in [0.25, 0.3) is 15.9 Å². The third kappa shape index (κ3) is 4.37. The lowest BCUT2D eigenvalue weighted by molar-refractivity contribution is 0.0902. The van der Waals surface area contributed by atoms with Gasteiger partial charge in [-0.15, -0.1) is 0 Å². The van der Waals surface area contributed by atoms with E-state index in [1.165, 1.54) is 26.3 Å². The Bertz CT molecular complexity index is 822. The van der Waals surface area contributed by atoms with Gasteiger partial charge in [0.2, 0.25) is 0 Å². The molecule has 0 aliphatic rings. The van der Waals surface area contributed by atoms with Crippen molar-refractivity contribution in [1.82, 2.24) is 5.32 Å². The fourth-order valence-electron chi connectivity index (χ4n) is 2.40. The number of rotatable bonds is 7. The molecule has 1 N–H and O–H groups in total. The summed E-state index contributed by atoms with van der Waals surface area (Å²) >= 11 is 0. The lowest BCUT2D eigenvalue weighted by atomic mass is 10.2. The number of anilines is 1. The van der Waals surface area contributed by atoms with E-state index in [9.17, 15) is 13.2 Å². The number of carbonyl (C=O) groups is 1. The minimum Gasteiger partial charge on any atom is -0.383 e. The Hall–Kier alpha value is -2.38. The number of methoxy groups -OCH3 is 1. The minimum absolute atomic E-state index is 0.0385. The predicted molar refractivity (Wildman–Crippen MR) is 97.3 cm³/mol. The second kappa shape index (κ2) is 8.13. The highest BCUT2D eigenvalue weighted by atomic mass is 32.2. The Morgan fingerprint density at radius 1 is 1.12 bits per heavy atom. The molecule has 2 aromatic rings. The van der Waals surface area contributed by atoms with Crippen LogP contribution in [0.1, 0.15) is 17.3 Å². The maximum Gasteiger partial charge on any atom is 0.264 e. The summed E-state index contributed by atoms with van der Waals surface area (Å²) in [5, 5.41) is 2.74. The minimum atomic E-state index is -3.87. The monoisotopic (exact) mass is 362 g/mol. The molecule has 0 radical (unpaired) electrons. The first-order valence-corrected chi connectivity index (χ1v) is 9.24. The summed E-state index contributed by atoms with van der Waals surface area (Å²) in [6.45, 7) is 2.12. The Labute approximate surface area is 148 Å². The molecule has 6 nitrogen and oxygen atoms in total. The van der Waals surface area contributed by atoms with E-state index in [0.717, 1.165) is 4.31 Å². The summed E-state index contributed by atoms with van der Waals surface area (Å²) in [5.74, 6) is -0.454. The van der Waals surface area contributed by atoms with E-state index < -0.39 is 15.9 Å². The van der Waals surface area contributed by atoms with Crippen LogP contribution in [0.4, 0.5) is 5.69 Å². The van der Waals surface area contributed by atoms with Crippen molar-refractivity contribution in [1.29, 1.82) is 0 Å². The molecule has 0 bridgehead atoms. The average Bonchev–Trinajstić information content (AvgIpc) is 2.62. The van der Waals surface area contributed by atoms with E-state index in [0.29, 0.717) is 12.3 Å². The van der Waals surface area contributed by atoms with Crippen LogP contribution in [-0.4, -0.2) is 41.1 Å². The standard InChI is InChI=1S/C18H22N2O4S/c1-14(13-24-3)19-18(21)16-11-7-8-12-17(16)25(22,23)20(2)15-9-5-4-6-10-15/h4-12,14H,13H2,1-3H3,(H,19,21)/t14-/m1/s1. The number of sulfonamides is 1. The molecule has 0 fully saturated rings. The number of amides is 1. The third-order valence-corrected chi connectivity index (χ3v) is 5.53. The summed E-state index contributed by atoms with van der Waals surface area (Å²) in [6.07, 6.45) is 0. The van der Waals surface area contributed by atoms with Crippen molar-refractivity contribution in [3.05, 3.63) is 60.2 Å². The molecule has 0 spiro atoms. The van der Waals surface area contributed by atoms with Crippen molar-refractivity contribution in [3.63, 3.8) is 0 Å². The molecular weight excluding hydrogens is 340 g/mol. The molecule has 1 amide bonds.